The van der Waals surface area contributed by atoms with Gasteiger partial charge in [0.25, 0.3) is 0 Å². The number of ether oxygens (including phenoxy) is 5. The number of carbonyl (C=O) groups excluding carboxylic acids is 1. The predicted molar refractivity (Wildman–Crippen MR) is 120 cm³/mol. The molecule has 1 aromatic carbocycles. The second-order valence-corrected chi connectivity index (χ2v) is 9.15. The number of nitrogens with one attached hydrogen (secondary N) is 2. The Morgan fingerprint density at radius 1 is 1.34 bits per heavy atom. The summed E-state index contributed by atoms with van der Waals surface area (Å²) in [5.74, 6) is 0.881. The fourth-order valence-corrected chi connectivity index (χ4v) is 4.47. The minimum absolute atomic E-state index is 0.0498. The first-order valence-electron chi connectivity index (χ1n) is 11.3. The highest BCUT2D eigenvalue weighted by Gasteiger charge is 2.50. The molecule has 1 unspecified atom stereocenters. The van der Waals surface area contributed by atoms with Gasteiger partial charge in [0.05, 0.1) is 25.3 Å². The second-order valence-electron chi connectivity index (χ2n) is 9.15. The summed E-state index contributed by atoms with van der Waals surface area (Å²) in [5.41, 5.74) is 1.83. The van der Waals surface area contributed by atoms with Gasteiger partial charge in [0.1, 0.15) is 12.2 Å². The maximum absolute atomic E-state index is 13.1. The molecule has 0 radical (unpaired) electrons. The zero-order chi connectivity index (χ0) is 22.9. The van der Waals surface area contributed by atoms with Gasteiger partial charge in [-0.15, -0.1) is 6.58 Å². The van der Waals surface area contributed by atoms with E-state index in [0.29, 0.717) is 30.6 Å². The fourth-order valence-electron chi connectivity index (χ4n) is 4.47. The van der Waals surface area contributed by atoms with Gasteiger partial charge in [-0.05, 0) is 25.8 Å². The summed E-state index contributed by atoms with van der Waals surface area (Å²) in [6, 6.07) is 3.55. The Kier molecular flexibility index (Phi) is 6.65. The number of benzene rings is 1. The maximum Gasteiger partial charge on any atom is 0.231 e. The Hall–Kier alpha value is -2.29. The zero-order valence-corrected chi connectivity index (χ0v) is 19.3. The van der Waals surface area contributed by atoms with Gasteiger partial charge in [-0.3, -0.25) is 4.79 Å². The van der Waals surface area contributed by atoms with E-state index in [4.69, 9.17) is 23.7 Å². The second kappa shape index (κ2) is 9.29. The zero-order valence-electron chi connectivity index (χ0n) is 19.3. The molecule has 3 heterocycles. The Morgan fingerprint density at radius 2 is 2.09 bits per heavy atom. The van der Waals surface area contributed by atoms with Gasteiger partial charge in [0.15, 0.2) is 17.3 Å². The Bertz CT molecular complexity index is 857. The van der Waals surface area contributed by atoms with Crippen molar-refractivity contribution < 1.29 is 28.5 Å². The maximum atomic E-state index is 13.1. The molecule has 32 heavy (non-hydrogen) atoms. The molecule has 0 spiro atoms. The molecule has 0 aliphatic carbocycles. The van der Waals surface area contributed by atoms with E-state index in [-0.39, 0.29) is 43.4 Å². The van der Waals surface area contributed by atoms with E-state index in [9.17, 15) is 4.79 Å². The molecule has 0 aromatic heterocycles. The molecular weight excluding hydrogens is 412 g/mol. The molecule has 8 nitrogen and oxygen atoms in total. The van der Waals surface area contributed by atoms with E-state index in [1.54, 1.807) is 6.08 Å². The Morgan fingerprint density at radius 3 is 2.81 bits per heavy atom. The summed E-state index contributed by atoms with van der Waals surface area (Å²) in [4.78, 5) is 13.1. The van der Waals surface area contributed by atoms with Crippen LogP contribution < -0.4 is 20.1 Å². The molecule has 5 atom stereocenters. The van der Waals surface area contributed by atoms with Crippen LogP contribution in [-0.4, -0.2) is 49.9 Å². The number of hydrogen-bond acceptors (Lipinski definition) is 7. The predicted octanol–water partition coefficient (Wildman–Crippen LogP) is 3.53. The van der Waals surface area contributed by atoms with Crippen molar-refractivity contribution in [3.05, 3.63) is 30.4 Å². The van der Waals surface area contributed by atoms with Gasteiger partial charge in [-0.2, -0.15) is 0 Å². The lowest BCUT2D eigenvalue weighted by Crippen LogP contribution is -2.48. The molecule has 1 saturated heterocycles. The van der Waals surface area contributed by atoms with Crippen LogP contribution in [0.3, 0.4) is 0 Å². The highest BCUT2D eigenvalue weighted by Crippen LogP contribution is 2.50. The van der Waals surface area contributed by atoms with Crippen molar-refractivity contribution in [2.45, 2.75) is 70.6 Å². The summed E-state index contributed by atoms with van der Waals surface area (Å²) in [7, 11) is 0. The summed E-state index contributed by atoms with van der Waals surface area (Å²) in [6.45, 7) is 12.8. The number of amides is 1. The van der Waals surface area contributed by atoms with Crippen LogP contribution in [0.5, 0.6) is 11.5 Å². The Labute approximate surface area is 189 Å². The summed E-state index contributed by atoms with van der Waals surface area (Å²) >= 11 is 0. The van der Waals surface area contributed by atoms with E-state index in [0.717, 1.165) is 17.7 Å². The van der Waals surface area contributed by atoms with Crippen molar-refractivity contribution in [3.8, 4) is 11.5 Å². The van der Waals surface area contributed by atoms with Crippen LogP contribution in [-0.2, 0) is 19.0 Å². The van der Waals surface area contributed by atoms with Gasteiger partial charge >= 0.3 is 0 Å². The standard InChI is InChI=1S/C24H34N2O6/c1-6-8-28-12-18(14(3)7-2)26-21(27)11-17-23-22(31-24(4,5)32-23)15-9-19-20(30-13-29-19)10-16(15)25-17/h6,9-10,14,17-18,22-23,25H,1,7-8,11-13H2,2-5H3,(H,26,27)/t14?,17-,18+,22-,23-/m0/s1. The summed E-state index contributed by atoms with van der Waals surface area (Å²) < 4.78 is 29.2. The largest absolute Gasteiger partial charge is 0.454 e. The lowest BCUT2D eigenvalue weighted by Gasteiger charge is -2.35. The van der Waals surface area contributed by atoms with Crippen molar-refractivity contribution in [2.24, 2.45) is 5.92 Å². The van der Waals surface area contributed by atoms with Gasteiger partial charge in [0.2, 0.25) is 12.7 Å². The average Bonchev–Trinajstić information content (AvgIpc) is 3.34. The topological polar surface area (TPSA) is 87.3 Å². The number of carbonyl (C=O) groups is 1. The number of rotatable bonds is 9. The van der Waals surface area contributed by atoms with Crippen LogP contribution in [0.2, 0.25) is 0 Å². The molecule has 4 rings (SSSR count). The summed E-state index contributed by atoms with van der Waals surface area (Å²) in [6.07, 6.45) is 2.31. The van der Waals surface area contributed by atoms with Crippen molar-refractivity contribution in [1.82, 2.24) is 5.32 Å². The monoisotopic (exact) mass is 446 g/mol. The van der Waals surface area contributed by atoms with Crippen LogP contribution in [0.25, 0.3) is 0 Å². The first-order valence-corrected chi connectivity index (χ1v) is 11.3. The van der Waals surface area contributed by atoms with E-state index < -0.39 is 5.79 Å². The number of fused-ring (bicyclic) bond motifs is 4. The molecule has 3 aliphatic rings. The lowest BCUT2D eigenvalue weighted by atomic mass is 9.90. The average molecular weight is 447 g/mol. The minimum Gasteiger partial charge on any atom is -0.454 e. The molecule has 3 aliphatic heterocycles. The van der Waals surface area contributed by atoms with Crippen LogP contribution in [0.1, 0.15) is 52.2 Å². The van der Waals surface area contributed by atoms with Crippen LogP contribution >= 0.6 is 0 Å². The third-order valence-corrected chi connectivity index (χ3v) is 6.33. The molecule has 2 N–H and O–H groups in total. The van der Waals surface area contributed by atoms with Crippen LogP contribution in [0.15, 0.2) is 24.8 Å². The normalized spacial score (nSPS) is 26.4. The quantitative estimate of drug-likeness (QED) is 0.443. The first-order chi connectivity index (χ1) is 15.3. The lowest BCUT2D eigenvalue weighted by molar-refractivity contribution is -0.148. The molecule has 176 valence electrons. The molecule has 0 bridgehead atoms. The minimum atomic E-state index is -0.749. The Balaban J connectivity index is 1.50. The van der Waals surface area contributed by atoms with Crippen LogP contribution in [0.4, 0.5) is 5.69 Å². The molecule has 1 aromatic rings. The van der Waals surface area contributed by atoms with Crippen molar-refractivity contribution >= 4 is 11.6 Å². The first kappa shape index (κ1) is 22.9. The highest BCUT2D eigenvalue weighted by atomic mass is 16.8. The molecular formula is C24H34N2O6. The van der Waals surface area contributed by atoms with Gasteiger partial charge in [-0.1, -0.05) is 26.3 Å². The highest BCUT2D eigenvalue weighted by molar-refractivity contribution is 5.78. The van der Waals surface area contributed by atoms with Crippen molar-refractivity contribution in [2.75, 3.05) is 25.3 Å². The third kappa shape index (κ3) is 4.72. The van der Waals surface area contributed by atoms with Crippen molar-refractivity contribution in [1.29, 1.82) is 0 Å². The van der Waals surface area contributed by atoms with Gasteiger partial charge < -0.3 is 34.3 Å². The molecule has 8 heteroatoms. The third-order valence-electron chi connectivity index (χ3n) is 6.33. The number of hydrogen-bond donors (Lipinski definition) is 2. The number of anilines is 1. The van der Waals surface area contributed by atoms with Gasteiger partial charge in [0, 0.05) is 23.7 Å². The van der Waals surface area contributed by atoms with E-state index in [1.165, 1.54) is 0 Å². The van der Waals surface area contributed by atoms with Crippen molar-refractivity contribution in [3.63, 3.8) is 0 Å². The molecule has 0 saturated carbocycles. The SMILES string of the molecule is C=CCOC[C@@H](NC(=O)C[C@@H]1Nc2cc3c(cc2[C@@H]2OC(C)(C)O[C@@H]12)OCO3)C(C)CC. The smallest absolute Gasteiger partial charge is 0.231 e. The molecule has 1 fully saturated rings. The van der Waals surface area contributed by atoms with E-state index in [1.807, 2.05) is 26.0 Å². The van der Waals surface area contributed by atoms with E-state index in [2.05, 4.69) is 31.1 Å². The van der Waals surface area contributed by atoms with E-state index >= 15 is 0 Å². The molecule has 1 amide bonds. The fraction of sp³-hybridized carbons (Fsp3) is 0.625. The summed E-state index contributed by atoms with van der Waals surface area (Å²) in [5, 5.41) is 6.65. The van der Waals surface area contributed by atoms with Gasteiger partial charge in [-0.25, -0.2) is 0 Å². The van der Waals surface area contributed by atoms with Crippen LogP contribution in [0, 0.1) is 5.92 Å².